The zero-order valence-electron chi connectivity index (χ0n) is 12.3. The fourth-order valence-corrected chi connectivity index (χ4v) is 2.05. The van der Waals surface area contributed by atoms with E-state index in [-0.39, 0.29) is 0 Å². The second kappa shape index (κ2) is 6.84. The first kappa shape index (κ1) is 14.2. The van der Waals surface area contributed by atoms with Crippen molar-refractivity contribution < 1.29 is 0 Å². The Kier molecular flexibility index (Phi) is 4.87. The monoisotopic (exact) mass is 271 g/mol. The maximum Gasteiger partial charge on any atom is 0.134 e. The minimum atomic E-state index is 0.733. The van der Waals surface area contributed by atoms with Gasteiger partial charge in [0.25, 0.3) is 0 Å². The number of aromatic nitrogens is 3. The van der Waals surface area contributed by atoms with E-state index < -0.39 is 0 Å². The van der Waals surface area contributed by atoms with E-state index in [2.05, 4.69) is 39.0 Å². The summed E-state index contributed by atoms with van der Waals surface area (Å²) in [6.45, 7) is 8.80. The van der Waals surface area contributed by atoms with E-state index in [1.807, 2.05) is 25.1 Å². The summed E-state index contributed by atoms with van der Waals surface area (Å²) in [5.41, 5.74) is 1.18. The average Bonchev–Trinajstić information content (AvgIpc) is 2.47. The molecule has 0 aliphatic rings. The minimum Gasteiger partial charge on any atom is -0.366 e. The van der Waals surface area contributed by atoms with Crippen LogP contribution < -0.4 is 10.2 Å². The molecule has 1 N–H and O–H groups in total. The lowest BCUT2D eigenvalue weighted by Crippen LogP contribution is -2.23. The molecule has 2 rings (SSSR count). The van der Waals surface area contributed by atoms with Crippen LogP contribution in [-0.4, -0.2) is 28.0 Å². The number of nitrogens with zero attached hydrogens (tertiary/aromatic N) is 4. The zero-order chi connectivity index (χ0) is 14.4. The third kappa shape index (κ3) is 3.66. The van der Waals surface area contributed by atoms with Gasteiger partial charge in [0.1, 0.15) is 17.5 Å². The summed E-state index contributed by atoms with van der Waals surface area (Å²) < 4.78 is 0. The Hall–Kier alpha value is -2.17. The van der Waals surface area contributed by atoms with Crippen LogP contribution >= 0.6 is 0 Å². The second-order valence-corrected chi connectivity index (χ2v) is 4.54. The van der Waals surface area contributed by atoms with Crippen molar-refractivity contribution in [2.24, 2.45) is 0 Å². The van der Waals surface area contributed by atoms with Crippen LogP contribution in [0.4, 0.5) is 11.6 Å². The number of hydrogen-bond donors (Lipinski definition) is 1. The van der Waals surface area contributed by atoms with Gasteiger partial charge in [-0.25, -0.2) is 9.97 Å². The molecule has 0 aliphatic heterocycles. The maximum absolute atomic E-state index is 4.50. The Bertz CT molecular complexity index is 537. The van der Waals surface area contributed by atoms with E-state index >= 15 is 0 Å². The molecule has 0 amide bonds. The van der Waals surface area contributed by atoms with Crippen LogP contribution in [0.3, 0.4) is 0 Å². The van der Waals surface area contributed by atoms with Crippen molar-refractivity contribution in [2.75, 3.05) is 23.3 Å². The van der Waals surface area contributed by atoms with Crippen LogP contribution in [0.15, 0.2) is 30.6 Å². The summed E-state index contributed by atoms with van der Waals surface area (Å²) in [7, 11) is 0. The van der Waals surface area contributed by atoms with Crippen molar-refractivity contribution in [3.8, 4) is 0 Å². The van der Waals surface area contributed by atoms with E-state index in [0.29, 0.717) is 0 Å². The molecule has 106 valence electrons. The summed E-state index contributed by atoms with van der Waals surface area (Å²) in [5, 5.41) is 3.34. The first-order valence-electron chi connectivity index (χ1n) is 6.96. The van der Waals surface area contributed by atoms with Gasteiger partial charge in [-0.3, -0.25) is 4.98 Å². The van der Waals surface area contributed by atoms with Crippen LogP contribution in [0.25, 0.3) is 0 Å². The van der Waals surface area contributed by atoms with E-state index in [1.165, 1.54) is 5.56 Å². The molecule has 5 heteroatoms. The molecule has 2 aromatic rings. The van der Waals surface area contributed by atoms with Gasteiger partial charge in [0.15, 0.2) is 0 Å². The number of pyridine rings is 1. The van der Waals surface area contributed by atoms with Gasteiger partial charge in [0.05, 0.1) is 0 Å². The number of aryl methyl sites for hydroxylation is 1. The van der Waals surface area contributed by atoms with Crippen LogP contribution in [-0.2, 0) is 6.54 Å². The lowest BCUT2D eigenvalue weighted by atomic mass is 10.3. The normalized spacial score (nSPS) is 10.3. The summed E-state index contributed by atoms with van der Waals surface area (Å²) in [4.78, 5) is 15.2. The smallest absolute Gasteiger partial charge is 0.134 e. The molecule has 0 aromatic carbocycles. The molecule has 0 radical (unpaired) electrons. The van der Waals surface area contributed by atoms with Gasteiger partial charge < -0.3 is 10.2 Å². The standard InChI is InChI=1S/C15H21N5/c1-4-20(5-2)15-10-14(18-12(3)19-15)17-11-13-6-8-16-9-7-13/h6-10H,4-5,11H2,1-3H3,(H,17,18,19). The molecular formula is C15H21N5. The molecule has 0 saturated carbocycles. The fourth-order valence-electron chi connectivity index (χ4n) is 2.05. The highest BCUT2D eigenvalue weighted by Crippen LogP contribution is 2.16. The minimum absolute atomic E-state index is 0.733. The highest BCUT2D eigenvalue weighted by Gasteiger charge is 2.07. The quantitative estimate of drug-likeness (QED) is 0.875. The molecule has 20 heavy (non-hydrogen) atoms. The van der Waals surface area contributed by atoms with Gasteiger partial charge in [0, 0.05) is 38.1 Å². The van der Waals surface area contributed by atoms with Gasteiger partial charge in [-0.2, -0.15) is 0 Å². The lowest BCUT2D eigenvalue weighted by Gasteiger charge is -2.20. The van der Waals surface area contributed by atoms with E-state index in [1.54, 1.807) is 12.4 Å². The molecule has 0 atom stereocenters. The van der Waals surface area contributed by atoms with Crippen LogP contribution in [0, 0.1) is 6.92 Å². The molecule has 0 spiro atoms. The van der Waals surface area contributed by atoms with E-state index in [9.17, 15) is 0 Å². The third-order valence-electron chi connectivity index (χ3n) is 3.13. The first-order valence-corrected chi connectivity index (χ1v) is 6.96. The predicted octanol–water partition coefficient (Wildman–Crippen LogP) is 2.64. The summed E-state index contributed by atoms with van der Waals surface area (Å²) >= 11 is 0. The van der Waals surface area contributed by atoms with Crippen molar-refractivity contribution in [1.82, 2.24) is 15.0 Å². The van der Waals surface area contributed by atoms with Crippen molar-refractivity contribution in [1.29, 1.82) is 0 Å². The van der Waals surface area contributed by atoms with E-state index in [0.717, 1.165) is 37.1 Å². The predicted molar refractivity (Wildman–Crippen MR) is 81.9 cm³/mol. The zero-order valence-corrected chi connectivity index (χ0v) is 12.3. The third-order valence-corrected chi connectivity index (χ3v) is 3.13. The average molecular weight is 271 g/mol. The molecule has 0 aliphatic carbocycles. The Morgan fingerprint density at radius 2 is 1.80 bits per heavy atom. The van der Waals surface area contributed by atoms with Gasteiger partial charge in [-0.15, -0.1) is 0 Å². The fraction of sp³-hybridized carbons (Fsp3) is 0.400. The molecule has 0 unspecified atom stereocenters. The lowest BCUT2D eigenvalue weighted by molar-refractivity contribution is 0.834. The van der Waals surface area contributed by atoms with Crippen molar-refractivity contribution in [2.45, 2.75) is 27.3 Å². The number of nitrogens with one attached hydrogen (secondary N) is 1. The molecule has 0 saturated heterocycles. The Balaban J connectivity index is 2.12. The van der Waals surface area contributed by atoms with Gasteiger partial charge in [-0.1, -0.05) is 0 Å². The topological polar surface area (TPSA) is 53.9 Å². The van der Waals surface area contributed by atoms with Crippen molar-refractivity contribution in [3.05, 3.63) is 42.0 Å². The SMILES string of the molecule is CCN(CC)c1cc(NCc2ccncc2)nc(C)n1. The van der Waals surface area contributed by atoms with Gasteiger partial charge in [-0.05, 0) is 38.5 Å². The van der Waals surface area contributed by atoms with E-state index in [4.69, 9.17) is 0 Å². The number of anilines is 2. The number of rotatable bonds is 6. The maximum atomic E-state index is 4.50. The first-order chi connectivity index (χ1) is 9.72. The number of hydrogen-bond acceptors (Lipinski definition) is 5. The molecular weight excluding hydrogens is 250 g/mol. The summed E-state index contributed by atoms with van der Waals surface area (Å²) in [6.07, 6.45) is 3.59. The molecule has 0 fully saturated rings. The summed E-state index contributed by atoms with van der Waals surface area (Å²) in [5.74, 6) is 2.61. The van der Waals surface area contributed by atoms with Crippen LogP contribution in [0.2, 0.25) is 0 Å². The second-order valence-electron chi connectivity index (χ2n) is 4.54. The Morgan fingerprint density at radius 3 is 2.45 bits per heavy atom. The largest absolute Gasteiger partial charge is 0.366 e. The molecule has 0 bridgehead atoms. The summed E-state index contributed by atoms with van der Waals surface area (Å²) in [6, 6.07) is 5.99. The molecule has 2 aromatic heterocycles. The molecule has 5 nitrogen and oxygen atoms in total. The van der Waals surface area contributed by atoms with Crippen molar-refractivity contribution >= 4 is 11.6 Å². The Morgan fingerprint density at radius 1 is 1.10 bits per heavy atom. The highest BCUT2D eigenvalue weighted by molar-refractivity contribution is 5.49. The van der Waals surface area contributed by atoms with Gasteiger partial charge >= 0.3 is 0 Å². The Labute approximate surface area is 120 Å². The van der Waals surface area contributed by atoms with Crippen molar-refractivity contribution in [3.63, 3.8) is 0 Å². The molecule has 2 heterocycles. The van der Waals surface area contributed by atoms with Crippen LogP contribution in [0.1, 0.15) is 25.2 Å². The van der Waals surface area contributed by atoms with Crippen LogP contribution in [0.5, 0.6) is 0 Å². The van der Waals surface area contributed by atoms with Gasteiger partial charge in [0.2, 0.25) is 0 Å². The highest BCUT2D eigenvalue weighted by atomic mass is 15.2.